The summed E-state index contributed by atoms with van der Waals surface area (Å²) in [6.07, 6.45) is 5.58. The molecule has 0 aliphatic carbocycles. The molecule has 0 radical (unpaired) electrons. The van der Waals surface area contributed by atoms with E-state index in [4.69, 9.17) is 4.98 Å². The van der Waals surface area contributed by atoms with E-state index in [0.717, 1.165) is 39.5 Å². The first-order valence-electron chi connectivity index (χ1n) is 9.67. The number of benzene rings is 1. The fourth-order valence-corrected chi connectivity index (χ4v) is 3.56. The molecule has 0 aliphatic rings. The van der Waals surface area contributed by atoms with Gasteiger partial charge in [-0.1, -0.05) is 36.4 Å². The van der Waals surface area contributed by atoms with Crippen molar-refractivity contribution in [3.8, 4) is 33.9 Å². The Bertz CT molecular complexity index is 1360. The molecule has 0 atom stereocenters. The normalized spacial score (nSPS) is 11.0. The van der Waals surface area contributed by atoms with E-state index < -0.39 is 0 Å². The van der Waals surface area contributed by atoms with Crippen molar-refractivity contribution in [3.05, 3.63) is 97.0 Å². The molecule has 0 saturated heterocycles. The van der Waals surface area contributed by atoms with E-state index in [1.54, 1.807) is 19.3 Å². The van der Waals surface area contributed by atoms with Crippen molar-refractivity contribution >= 4 is 11.4 Å². The number of carbonyl (C=O) groups is 1. The summed E-state index contributed by atoms with van der Waals surface area (Å²) >= 11 is 0. The third-order valence-electron chi connectivity index (χ3n) is 5.06. The number of imidazole rings is 1. The van der Waals surface area contributed by atoms with Crippen LogP contribution in [0.2, 0.25) is 0 Å². The second-order valence-corrected chi connectivity index (χ2v) is 7.02. The molecule has 4 aromatic heterocycles. The largest absolute Gasteiger partial charge is 0.299 e. The van der Waals surface area contributed by atoms with E-state index in [-0.39, 0.29) is 5.78 Å². The molecular formula is C25H18N4O. The van der Waals surface area contributed by atoms with Crippen molar-refractivity contribution in [3.63, 3.8) is 0 Å². The zero-order chi connectivity index (χ0) is 20.5. The minimum atomic E-state index is 0.0500. The average Bonchev–Trinajstić information content (AvgIpc) is 3.19. The summed E-state index contributed by atoms with van der Waals surface area (Å²) in [7, 11) is 0. The van der Waals surface area contributed by atoms with Crippen molar-refractivity contribution < 1.29 is 4.79 Å². The van der Waals surface area contributed by atoms with E-state index in [1.165, 1.54) is 0 Å². The van der Waals surface area contributed by atoms with Crippen molar-refractivity contribution in [1.82, 2.24) is 19.4 Å². The maximum Gasteiger partial charge on any atom is 0.159 e. The number of aromatic nitrogens is 4. The van der Waals surface area contributed by atoms with Gasteiger partial charge in [0.15, 0.2) is 5.78 Å². The Balaban J connectivity index is 1.68. The fraction of sp³-hybridized carbons (Fsp3) is 0.0400. The van der Waals surface area contributed by atoms with Crippen LogP contribution in [0.4, 0.5) is 0 Å². The second-order valence-electron chi connectivity index (χ2n) is 7.02. The molecule has 5 aromatic rings. The number of pyridine rings is 3. The van der Waals surface area contributed by atoms with Crippen molar-refractivity contribution in [1.29, 1.82) is 0 Å². The molecule has 30 heavy (non-hydrogen) atoms. The van der Waals surface area contributed by atoms with E-state index in [2.05, 4.69) is 14.4 Å². The predicted octanol–water partition coefficient (Wildman–Crippen LogP) is 5.33. The number of Topliss-reactive ketones (excluding diaryl/α,β-unsaturated/α-hetero) is 1. The van der Waals surface area contributed by atoms with Crippen molar-refractivity contribution in [2.75, 3.05) is 0 Å². The summed E-state index contributed by atoms with van der Waals surface area (Å²) in [4.78, 5) is 25.5. The minimum absolute atomic E-state index is 0.0500. The molecule has 5 nitrogen and oxygen atoms in total. The highest BCUT2D eigenvalue weighted by molar-refractivity contribution is 5.94. The first-order chi connectivity index (χ1) is 14.7. The van der Waals surface area contributed by atoms with Gasteiger partial charge in [0.25, 0.3) is 0 Å². The van der Waals surface area contributed by atoms with E-state index in [1.807, 2.05) is 79.0 Å². The summed E-state index contributed by atoms with van der Waals surface area (Å²) in [6.45, 7) is 1.57. The monoisotopic (exact) mass is 390 g/mol. The van der Waals surface area contributed by atoms with Gasteiger partial charge in [-0.25, -0.2) is 4.98 Å². The number of rotatable bonds is 4. The van der Waals surface area contributed by atoms with Gasteiger partial charge in [0.05, 0.1) is 17.1 Å². The Kier molecular flexibility index (Phi) is 4.41. The molecule has 0 saturated carbocycles. The van der Waals surface area contributed by atoms with Gasteiger partial charge in [0.1, 0.15) is 11.3 Å². The molecule has 0 aliphatic heterocycles. The number of ketones is 1. The van der Waals surface area contributed by atoms with Crippen LogP contribution in [0, 0.1) is 0 Å². The van der Waals surface area contributed by atoms with Crippen LogP contribution in [0.25, 0.3) is 39.5 Å². The topological polar surface area (TPSA) is 60.2 Å². The van der Waals surface area contributed by atoms with Gasteiger partial charge in [0, 0.05) is 35.3 Å². The summed E-state index contributed by atoms with van der Waals surface area (Å²) in [5, 5.41) is 0. The highest BCUT2D eigenvalue weighted by Crippen LogP contribution is 2.33. The first-order valence-corrected chi connectivity index (χ1v) is 9.67. The lowest BCUT2D eigenvalue weighted by molar-refractivity contribution is 0.101. The maximum absolute atomic E-state index is 11.6. The van der Waals surface area contributed by atoms with Crippen LogP contribution >= 0.6 is 0 Å². The number of nitrogens with zero attached hydrogens (tertiary/aromatic N) is 4. The summed E-state index contributed by atoms with van der Waals surface area (Å²) in [5.74, 6) is 0.0500. The number of hydrogen-bond donors (Lipinski definition) is 0. The van der Waals surface area contributed by atoms with Crippen molar-refractivity contribution in [2.24, 2.45) is 0 Å². The zero-order valence-electron chi connectivity index (χ0n) is 16.4. The molecule has 5 rings (SSSR count). The van der Waals surface area contributed by atoms with Crippen LogP contribution in [-0.2, 0) is 0 Å². The predicted molar refractivity (Wildman–Crippen MR) is 117 cm³/mol. The molecule has 5 heteroatoms. The van der Waals surface area contributed by atoms with Gasteiger partial charge in [-0.05, 0) is 43.3 Å². The zero-order valence-corrected chi connectivity index (χ0v) is 16.4. The summed E-state index contributed by atoms with van der Waals surface area (Å²) < 4.78 is 2.07. The van der Waals surface area contributed by atoms with Gasteiger partial charge < -0.3 is 0 Å². The lowest BCUT2D eigenvalue weighted by Crippen LogP contribution is -1.93. The Morgan fingerprint density at radius 2 is 1.60 bits per heavy atom. The van der Waals surface area contributed by atoms with E-state index in [0.29, 0.717) is 5.56 Å². The Labute approximate surface area is 173 Å². The summed E-state index contributed by atoms with van der Waals surface area (Å²) in [5.41, 5.74) is 6.94. The third-order valence-corrected chi connectivity index (χ3v) is 5.06. The lowest BCUT2D eigenvalue weighted by atomic mass is 10.0. The van der Waals surface area contributed by atoms with Gasteiger partial charge in [-0.15, -0.1) is 0 Å². The average molecular weight is 390 g/mol. The SMILES string of the molecule is CC(=O)c1ccc(-c2cc(-c3c(-c4ccccn4)nc4ccccn34)ccn2)cc1. The van der Waals surface area contributed by atoms with Gasteiger partial charge in [-0.3, -0.25) is 19.2 Å². The van der Waals surface area contributed by atoms with Crippen LogP contribution in [0.15, 0.2) is 91.4 Å². The molecule has 0 amide bonds. The van der Waals surface area contributed by atoms with Crippen LogP contribution < -0.4 is 0 Å². The maximum atomic E-state index is 11.6. The van der Waals surface area contributed by atoms with Crippen LogP contribution in [0.3, 0.4) is 0 Å². The molecule has 0 fully saturated rings. The van der Waals surface area contributed by atoms with Crippen molar-refractivity contribution in [2.45, 2.75) is 6.92 Å². The quantitative estimate of drug-likeness (QED) is 0.389. The molecular weight excluding hydrogens is 372 g/mol. The van der Waals surface area contributed by atoms with Crippen LogP contribution in [0.5, 0.6) is 0 Å². The molecule has 0 unspecified atom stereocenters. The molecule has 4 heterocycles. The Hall–Kier alpha value is -4.12. The van der Waals surface area contributed by atoms with E-state index in [9.17, 15) is 4.79 Å². The molecule has 0 spiro atoms. The standard InChI is InChI=1S/C25H18N4O/c1-17(30)18-8-10-19(11-9-18)22-16-20(12-14-27-22)25-24(21-6-2-4-13-26-21)28-23-7-3-5-15-29(23)25/h2-16H,1H3. The lowest BCUT2D eigenvalue weighted by Gasteiger charge is -2.08. The fourth-order valence-electron chi connectivity index (χ4n) is 3.56. The Morgan fingerprint density at radius 3 is 2.37 bits per heavy atom. The van der Waals surface area contributed by atoms with Gasteiger partial charge in [0.2, 0.25) is 0 Å². The summed E-state index contributed by atoms with van der Waals surface area (Å²) in [6, 6.07) is 23.3. The van der Waals surface area contributed by atoms with E-state index >= 15 is 0 Å². The van der Waals surface area contributed by atoms with Crippen LogP contribution in [0.1, 0.15) is 17.3 Å². The highest BCUT2D eigenvalue weighted by atomic mass is 16.1. The van der Waals surface area contributed by atoms with Gasteiger partial charge >= 0.3 is 0 Å². The number of fused-ring (bicyclic) bond motifs is 1. The molecule has 144 valence electrons. The van der Waals surface area contributed by atoms with Gasteiger partial charge in [-0.2, -0.15) is 0 Å². The molecule has 1 aromatic carbocycles. The third kappa shape index (κ3) is 3.16. The second kappa shape index (κ2) is 7.37. The first kappa shape index (κ1) is 17.9. The minimum Gasteiger partial charge on any atom is -0.299 e. The smallest absolute Gasteiger partial charge is 0.159 e. The number of hydrogen-bond acceptors (Lipinski definition) is 4. The van der Waals surface area contributed by atoms with Crippen LogP contribution in [-0.4, -0.2) is 25.1 Å². The number of carbonyl (C=O) groups excluding carboxylic acids is 1. The molecule has 0 N–H and O–H groups in total. The highest BCUT2D eigenvalue weighted by Gasteiger charge is 2.17. The molecule has 0 bridgehead atoms. The Morgan fingerprint density at radius 1 is 0.800 bits per heavy atom.